The van der Waals surface area contributed by atoms with Gasteiger partial charge in [-0.1, -0.05) is 11.6 Å². The Labute approximate surface area is 115 Å². The predicted molar refractivity (Wildman–Crippen MR) is 71.4 cm³/mol. The summed E-state index contributed by atoms with van der Waals surface area (Å²) in [5, 5.41) is 2.46. The SMILES string of the molecule is CCOC(=O)C=Cc1c(Cl)ccc(NC(C)=O)c1F. The van der Waals surface area contributed by atoms with Crippen LogP contribution in [0.1, 0.15) is 19.4 Å². The van der Waals surface area contributed by atoms with Gasteiger partial charge in [-0.25, -0.2) is 9.18 Å². The summed E-state index contributed by atoms with van der Waals surface area (Å²) >= 11 is 5.84. The van der Waals surface area contributed by atoms with Crippen molar-refractivity contribution in [3.63, 3.8) is 0 Å². The number of nitrogens with one attached hydrogen (secondary N) is 1. The minimum absolute atomic E-state index is 0.000379. The van der Waals surface area contributed by atoms with Gasteiger partial charge in [-0.15, -0.1) is 0 Å². The van der Waals surface area contributed by atoms with Crippen LogP contribution in [-0.4, -0.2) is 18.5 Å². The summed E-state index contributed by atoms with van der Waals surface area (Å²) in [5.74, 6) is -1.70. The van der Waals surface area contributed by atoms with Crippen LogP contribution in [0, 0.1) is 5.82 Å². The maximum Gasteiger partial charge on any atom is 0.330 e. The van der Waals surface area contributed by atoms with Crippen molar-refractivity contribution in [2.45, 2.75) is 13.8 Å². The molecular formula is C13H13ClFNO3. The molecule has 6 heteroatoms. The van der Waals surface area contributed by atoms with Crippen molar-refractivity contribution < 1.29 is 18.7 Å². The number of amides is 1. The summed E-state index contributed by atoms with van der Waals surface area (Å²) in [4.78, 5) is 22.1. The number of rotatable bonds is 4. The van der Waals surface area contributed by atoms with Gasteiger partial charge in [-0.3, -0.25) is 4.79 Å². The van der Waals surface area contributed by atoms with Gasteiger partial charge in [0.05, 0.1) is 17.3 Å². The fraction of sp³-hybridized carbons (Fsp3) is 0.231. The van der Waals surface area contributed by atoms with Crippen molar-refractivity contribution in [1.82, 2.24) is 0 Å². The van der Waals surface area contributed by atoms with Gasteiger partial charge in [0, 0.05) is 18.6 Å². The Morgan fingerprint density at radius 1 is 1.47 bits per heavy atom. The molecule has 1 rings (SSSR count). The van der Waals surface area contributed by atoms with Gasteiger partial charge in [0.25, 0.3) is 0 Å². The summed E-state index contributed by atoms with van der Waals surface area (Å²) in [5.41, 5.74) is 0.0152. The molecule has 0 unspecified atom stereocenters. The van der Waals surface area contributed by atoms with Crippen LogP contribution in [0.15, 0.2) is 18.2 Å². The number of carbonyl (C=O) groups excluding carboxylic acids is 2. The number of hydrogen-bond donors (Lipinski definition) is 1. The van der Waals surface area contributed by atoms with Gasteiger partial charge in [0.15, 0.2) is 5.82 Å². The van der Waals surface area contributed by atoms with E-state index in [4.69, 9.17) is 11.6 Å². The first-order valence-electron chi connectivity index (χ1n) is 5.56. The zero-order valence-corrected chi connectivity index (χ0v) is 11.3. The second-order valence-electron chi connectivity index (χ2n) is 3.59. The first kappa shape index (κ1) is 15.2. The zero-order chi connectivity index (χ0) is 14.4. The van der Waals surface area contributed by atoms with Gasteiger partial charge >= 0.3 is 5.97 Å². The number of hydrogen-bond acceptors (Lipinski definition) is 3. The third kappa shape index (κ3) is 4.37. The van der Waals surface area contributed by atoms with Crippen molar-refractivity contribution >= 4 is 35.2 Å². The van der Waals surface area contributed by atoms with Gasteiger partial charge in [0.2, 0.25) is 5.91 Å². The van der Waals surface area contributed by atoms with Crippen LogP contribution in [0.2, 0.25) is 5.02 Å². The molecule has 0 radical (unpaired) electrons. The Morgan fingerprint density at radius 2 is 2.16 bits per heavy atom. The lowest BCUT2D eigenvalue weighted by Crippen LogP contribution is -2.08. The van der Waals surface area contributed by atoms with Crippen LogP contribution in [0.5, 0.6) is 0 Å². The second kappa shape index (κ2) is 6.89. The third-order valence-corrected chi connectivity index (χ3v) is 2.44. The topological polar surface area (TPSA) is 55.4 Å². The fourth-order valence-electron chi connectivity index (χ4n) is 1.35. The van der Waals surface area contributed by atoms with Crippen LogP contribution >= 0.6 is 11.6 Å². The number of halogens is 2. The lowest BCUT2D eigenvalue weighted by Gasteiger charge is -2.07. The summed E-state index contributed by atoms with van der Waals surface area (Å²) in [7, 11) is 0. The number of ether oxygens (including phenoxy) is 1. The van der Waals surface area contributed by atoms with E-state index in [2.05, 4.69) is 10.1 Å². The fourth-order valence-corrected chi connectivity index (χ4v) is 1.56. The molecule has 1 aromatic rings. The smallest absolute Gasteiger partial charge is 0.330 e. The van der Waals surface area contributed by atoms with E-state index >= 15 is 0 Å². The highest BCUT2D eigenvalue weighted by atomic mass is 35.5. The van der Waals surface area contributed by atoms with Gasteiger partial charge in [-0.2, -0.15) is 0 Å². The maximum atomic E-state index is 14.0. The van der Waals surface area contributed by atoms with E-state index in [1.54, 1.807) is 6.92 Å². The average Bonchev–Trinajstić information content (AvgIpc) is 2.32. The Morgan fingerprint density at radius 3 is 2.74 bits per heavy atom. The lowest BCUT2D eigenvalue weighted by atomic mass is 10.1. The van der Waals surface area contributed by atoms with E-state index in [1.165, 1.54) is 25.1 Å². The first-order valence-corrected chi connectivity index (χ1v) is 5.94. The van der Waals surface area contributed by atoms with Crippen LogP contribution in [0.25, 0.3) is 6.08 Å². The van der Waals surface area contributed by atoms with E-state index in [9.17, 15) is 14.0 Å². The van der Waals surface area contributed by atoms with E-state index in [0.29, 0.717) is 0 Å². The van der Waals surface area contributed by atoms with Crippen molar-refractivity contribution in [2.24, 2.45) is 0 Å². The molecule has 1 N–H and O–H groups in total. The number of esters is 1. The van der Waals surface area contributed by atoms with Gasteiger partial charge in [-0.05, 0) is 25.1 Å². The van der Waals surface area contributed by atoms with Crippen molar-refractivity contribution in [3.8, 4) is 0 Å². The highest BCUT2D eigenvalue weighted by Gasteiger charge is 2.11. The molecule has 19 heavy (non-hydrogen) atoms. The predicted octanol–water partition coefficient (Wildman–Crippen LogP) is 3.01. The highest BCUT2D eigenvalue weighted by Crippen LogP contribution is 2.26. The normalized spacial score (nSPS) is 10.5. The number of benzene rings is 1. The quantitative estimate of drug-likeness (QED) is 0.683. The molecule has 1 amide bonds. The Hall–Kier alpha value is -1.88. The molecule has 0 aliphatic heterocycles. The van der Waals surface area contributed by atoms with E-state index < -0.39 is 17.7 Å². The monoisotopic (exact) mass is 285 g/mol. The molecule has 0 atom stereocenters. The molecule has 0 saturated heterocycles. The van der Waals surface area contributed by atoms with Crippen LogP contribution in [0.3, 0.4) is 0 Å². The molecule has 0 aromatic heterocycles. The third-order valence-electron chi connectivity index (χ3n) is 2.11. The summed E-state index contributed by atoms with van der Waals surface area (Å²) in [6, 6.07) is 2.78. The molecule has 4 nitrogen and oxygen atoms in total. The maximum absolute atomic E-state index is 14.0. The van der Waals surface area contributed by atoms with Gasteiger partial charge in [0.1, 0.15) is 0 Å². The van der Waals surface area contributed by atoms with E-state index in [0.717, 1.165) is 6.08 Å². The molecule has 0 fully saturated rings. The van der Waals surface area contributed by atoms with Crippen LogP contribution in [-0.2, 0) is 14.3 Å². The molecular weight excluding hydrogens is 273 g/mol. The first-order chi connectivity index (χ1) is 8.95. The molecule has 0 heterocycles. The van der Waals surface area contributed by atoms with Gasteiger partial charge < -0.3 is 10.1 Å². The lowest BCUT2D eigenvalue weighted by molar-refractivity contribution is -0.137. The second-order valence-corrected chi connectivity index (χ2v) is 4.00. The molecule has 1 aromatic carbocycles. The zero-order valence-electron chi connectivity index (χ0n) is 10.5. The largest absolute Gasteiger partial charge is 0.463 e. The summed E-state index contributed by atoms with van der Waals surface area (Å²) < 4.78 is 18.7. The van der Waals surface area contributed by atoms with Crippen LogP contribution in [0.4, 0.5) is 10.1 Å². The van der Waals surface area contributed by atoms with Crippen molar-refractivity contribution in [2.75, 3.05) is 11.9 Å². The van der Waals surface area contributed by atoms with E-state index in [1.807, 2.05) is 0 Å². The highest BCUT2D eigenvalue weighted by molar-refractivity contribution is 6.32. The van der Waals surface area contributed by atoms with Crippen molar-refractivity contribution in [1.29, 1.82) is 0 Å². The molecule has 0 aliphatic rings. The molecule has 102 valence electrons. The Balaban J connectivity index is 3.05. The Kier molecular flexibility index (Phi) is 5.51. The number of anilines is 1. The summed E-state index contributed by atoms with van der Waals surface area (Å²) in [6.45, 7) is 3.16. The molecule has 0 aliphatic carbocycles. The molecule has 0 bridgehead atoms. The standard InChI is InChI=1S/C13H13ClFNO3/c1-3-19-12(18)7-4-9-10(14)5-6-11(13(9)15)16-8(2)17/h4-7H,3H2,1-2H3,(H,16,17). The molecule has 0 spiro atoms. The molecule has 0 saturated carbocycles. The average molecular weight is 286 g/mol. The minimum Gasteiger partial charge on any atom is -0.463 e. The summed E-state index contributed by atoms with van der Waals surface area (Å²) in [6.07, 6.45) is 2.28. The number of carbonyl (C=O) groups is 2. The van der Waals surface area contributed by atoms with E-state index in [-0.39, 0.29) is 22.9 Å². The minimum atomic E-state index is -0.705. The van der Waals surface area contributed by atoms with Crippen molar-refractivity contribution in [3.05, 3.63) is 34.6 Å². The van der Waals surface area contributed by atoms with Crippen LogP contribution < -0.4 is 5.32 Å². The Bertz CT molecular complexity index is 529.